The molecule has 3 fully saturated rings. The quantitative estimate of drug-likeness (QED) is 0.149. The maximum absolute atomic E-state index is 14.8. The number of quaternary nitrogens is 1. The van der Waals surface area contributed by atoms with Crippen molar-refractivity contribution in [3.63, 3.8) is 0 Å². The normalized spacial score (nSPS) is 22.0. The first-order chi connectivity index (χ1) is 29.0. The molecule has 2 unspecified atom stereocenters. The molecule has 0 N–H and O–H groups in total. The lowest BCUT2D eigenvalue weighted by atomic mass is 9.89. The van der Waals surface area contributed by atoms with E-state index < -0.39 is 5.54 Å². The Morgan fingerprint density at radius 2 is 1.17 bits per heavy atom. The van der Waals surface area contributed by atoms with E-state index >= 15 is 0 Å². The highest BCUT2D eigenvalue weighted by atomic mass is 19.1. The minimum absolute atomic E-state index is 0.0365. The van der Waals surface area contributed by atoms with Gasteiger partial charge in [-0.1, -0.05) is 72.8 Å². The van der Waals surface area contributed by atoms with E-state index in [0.717, 1.165) is 75.8 Å². The molecular weight excluding hydrogens is 759 g/mol. The van der Waals surface area contributed by atoms with Crippen LogP contribution in [0.25, 0.3) is 11.1 Å². The maximum atomic E-state index is 14.8. The fourth-order valence-electron chi connectivity index (χ4n) is 10.6. The molecule has 2 atom stereocenters. The van der Waals surface area contributed by atoms with Crippen LogP contribution >= 0.6 is 0 Å². The lowest BCUT2D eigenvalue weighted by molar-refractivity contribution is -0.930. The lowest BCUT2D eigenvalue weighted by Crippen LogP contribution is -2.77. The average Bonchev–Trinajstić information content (AvgIpc) is 3.57. The lowest BCUT2D eigenvalue weighted by Gasteiger charge is -2.54. The van der Waals surface area contributed by atoms with Crippen LogP contribution in [0.1, 0.15) is 74.6 Å². The Labute approximate surface area is 354 Å². The average molecular weight is 820 g/mol. The molecule has 3 aliphatic heterocycles. The second-order valence-electron chi connectivity index (χ2n) is 18.7. The molecule has 318 valence electrons. The highest BCUT2D eigenvalue weighted by Gasteiger charge is 2.58. The largest absolute Gasteiger partial charge is 0.518 e. The van der Waals surface area contributed by atoms with Crippen LogP contribution in [0.4, 0.5) is 18.4 Å². The number of amides is 2. The van der Waals surface area contributed by atoms with E-state index in [1.54, 1.807) is 0 Å². The van der Waals surface area contributed by atoms with Gasteiger partial charge in [-0.3, -0.25) is 14.7 Å². The highest BCUT2D eigenvalue weighted by molar-refractivity contribution is 5.79. The molecular formula is C50H61F2N4O4+. The van der Waals surface area contributed by atoms with Gasteiger partial charge in [-0.2, -0.15) is 4.79 Å². The van der Waals surface area contributed by atoms with Crippen molar-refractivity contribution in [2.24, 2.45) is 11.8 Å². The minimum atomic E-state index is -0.502. The number of carbonyl (C=O) groups excluding carboxylic acids is 2. The van der Waals surface area contributed by atoms with Crippen molar-refractivity contribution in [2.75, 3.05) is 65.7 Å². The molecule has 3 heterocycles. The highest BCUT2D eigenvalue weighted by Crippen LogP contribution is 2.45. The molecule has 60 heavy (non-hydrogen) atoms. The van der Waals surface area contributed by atoms with Crippen LogP contribution in [0.3, 0.4) is 0 Å². The van der Waals surface area contributed by atoms with Gasteiger partial charge in [0.25, 0.3) is 0 Å². The molecule has 0 spiro atoms. The summed E-state index contributed by atoms with van der Waals surface area (Å²) in [5.74, 6) is 0.545. The number of likely N-dealkylation sites (tertiary alicyclic amines) is 2. The Hall–Kier alpha value is -4.64. The van der Waals surface area contributed by atoms with E-state index in [1.165, 1.54) is 46.5 Å². The number of ether oxygens (including phenoxy) is 2. The van der Waals surface area contributed by atoms with Crippen molar-refractivity contribution in [1.29, 1.82) is 0 Å². The molecule has 8 rings (SSSR count). The van der Waals surface area contributed by atoms with Crippen LogP contribution in [0.2, 0.25) is 0 Å². The van der Waals surface area contributed by atoms with Crippen LogP contribution < -0.4 is 0 Å². The first-order valence-corrected chi connectivity index (χ1v) is 22.1. The number of carbonyl (C=O) groups is 2. The number of piperidine rings is 2. The summed E-state index contributed by atoms with van der Waals surface area (Å²) in [5.41, 5.74) is 6.53. The van der Waals surface area contributed by atoms with E-state index in [2.05, 4.69) is 67.0 Å². The summed E-state index contributed by atoms with van der Waals surface area (Å²) in [5, 5.41) is 0. The number of hydrogen-bond donors (Lipinski definition) is 0. The third-order valence-corrected chi connectivity index (χ3v) is 14.0. The molecule has 0 bridgehead atoms. The topological polar surface area (TPSA) is 62.3 Å². The van der Waals surface area contributed by atoms with Gasteiger partial charge in [0.1, 0.15) is 36.4 Å². The molecule has 4 aliphatic rings. The zero-order chi connectivity index (χ0) is 41.9. The van der Waals surface area contributed by atoms with E-state index in [0.29, 0.717) is 38.0 Å². The minimum Gasteiger partial charge on any atom is -0.448 e. The second kappa shape index (κ2) is 18.1. The Bertz CT molecular complexity index is 2040. The van der Waals surface area contributed by atoms with Gasteiger partial charge in [-0.25, -0.2) is 18.1 Å². The van der Waals surface area contributed by atoms with Gasteiger partial charge in [0.2, 0.25) is 0 Å². The Morgan fingerprint density at radius 1 is 0.667 bits per heavy atom. The van der Waals surface area contributed by atoms with Gasteiger partial charge in [0.15, 0.2) is 6.73 Å². The summed E-state index contributed by atoms with van der Waals surface area (Å²) in [6.07, 6.45) is 5.26. The number of fused-ring (bicyclic) bond motifs is 3. The third-order valence-electron chi connectivity index (χ3n) is 14.0. The molecule has 4 aromatic rings. The Morgan fingerprint density at radius 3 is 1.68 bits per heavy atom. The van der Waals surface area contributed by atoms with Crippen LogP contribution in [0.5, 0.6) is 0 Å². The Kier molecular flexibility index (Phi) is 12.7. The van der Waals surface area contributed by atoms with Crippen molar-refractivity contribution in [2.45, 2.75) is 76.8 Å². The van der Waals surface area contributed by atoms with Crippen molar-refractivity contribution < 1.29 is 32.3 Å². The van der Waals surface area contributed by atoms with Gasteiger partial charge in [-0.15, -0.1) is 0 Å². The summed E-state index contributed by atoms with van der Waals surface area (Å²) in [6.45, 7) is 12.1. The van der Waals surface area contributed by atoms with Crippen molar-refractivity contribution in [3.05, 3.63) is 131 Å². The number of nitrogens with zero attached hydrogens (tertiary/aromatic N) is 4. The fraction of sp³-hybridized carbons (Fsp3) is 0.480. The number of hydrogen-bond acceptors (Lipinski definition) is 6. The predicted octanol–water partition coefficient (Wildman–Crippen LogP) is 9.52. The van der Waals surface area contributed by atoms with E-state index in [-0.39, 0.29) is 53.6 Å². The first-order valence-electron chi connectivity index (χ1n) is 22.1. The standard InChI is InChI=1S/C50H61F2N4O4/c1-50(2,3)56(49(58)60-35-54-26-22-39(23-27-54)31-37-14-18-41(52)19-15-37)29-28-55(33-42(56)32-53-24-20-38(21-25-53)30-36-12-16-40(51)17-13-36)48(57)59-34-47-45-10-6-4-8-43(45)44-9-5-7-11-46(44)47/h4-19,38-39,42,47H,20-35H2,1-3H3/q+1. The predicted molar refractivity (Wildman–Crippen MR) is 230 cm³/mol. The van der Waals surface area contributed by atoms with Crippen LogP contribution in [-0.2, 0) is 22.3 Å². The van der Waals surface area contributed by atoms with Gasteiger partial charge in [0, 0.05) is 19.0 Å². The molecule has 4 aromatic carbocycles. The van der Waals surface area contributed by atoms with E-state index in [4.69, 9.17) is 9.47 Å². The summed E-state index contributed by atoms with van der Waals surface area (Å²) in [7, 11) is 0. The summed E-state index contributed by atoms with van der Waals surface area (Å²) < 4.78 is 39.7. The second-order valence-corrected chi connectivity index (χ2v) is 18.7. The van der Waals surface area contributed by atoms with E-state index in [1.807, 2.05) is 41.3 Å². The molecule has 3 saturated heterocycles. The number of piperazine rings is 1. The van der Waals surface area contributed by atoms with Crippen molar-refractivity contribution in [3.8, 4) is 11.1 Å². The fourth-order valence-corrected chi connectivity index (χ4v) is 10.6. The molecule has 2 amide bonds. The van der Waals surface area contributed by atoms with Crippen LogP contribution in [-0.4, -0.2) is 109 Å². The molecule has 0 saturated carbocycles. The maximum Gasteiger partial charge on any atom is 0.518 e. The molecule has 0 radical (unpaired) electrons. The van der Waals surface area contributed by atoms with Crippen LogP contribution in [0, 0.1) is 23.5 Å². The van der Waals surface area contributed by atoms with Gasteiger partial charge < -0.3 is 9.47 Å². The van der Waals surface area contributed by atoms with Gasteiger partial charge >= 0.3 is 12.2 Å². The van der Waals surface area contributed by atoms with E-state index in [9.17, 15) is 18.4 Å². The molecule has 0 aromatic heterocycles. The zero-order valence-electron chi connectivity index (χ0n) is 35.5. The molecule has 10 heteroatoms. The molecule has 8 nitrogen and oxygen atoms in total. The number of benzene rings is 4. The third kappa shape index (κ3) is 9.16. The summed E-state index contributed by atoms with van der Waals surface area (Å²) in [4.78, 5) is 35.4. The molecule has 1 aliphatic carbocycles. The smallest absolute Gasteiger partial charge is 0.448 e. The SMILES string of the molecule is CC(C)(C)[N+]1(C(=O)OCN2CCC(Cc3ccc(F)cc3)CC2)CCN(C(=O)OCC2c3ccccc3-c3ccccc32)CC1CN1CCC(Cc2ccc(F)cc2)CC1. The van der Waals surface area contributed by atoms with Crippen LogP contribution in [0.15, 0.2) is 97.1 Å². The zero-order valence-corrected chi connectivity index (χ0v) is 35.5. The van der Waals surface area contributed by atoms with Crippen molar-refractivity contribution in [1.82, 2.24) is 14.7 Å². The number of halogens is 2. The monoisotopic (exact) mass is 819 g/mol. The van der Waals surface area contributed by atoms with Crippen molar-refractivity contribution >= 4 is 12.2 Å². The van der Waals surface area contributed by atoms with Gasteiger partial charge in [0.05, 0.1) is 19.6 Å². The first kappa shape index (κ1) is 42.1. The van der Waals surface area contributed by atoms with Gasteiger partial charge in [-0.05, 0) is 142 Å². The number of rotatable bonds is 10. The summed E-state index contributed by atoms with van der Waals surface area (Å²) >= 11 is 0. The Balaban J connectivity index is 0.946. The summed E-state index contributed by atoms with van der Waals surface area (Å²) in [6, 6.07) is 30.1.